The van der Waals surface area contributed by atoms with E-state index in [-0.39, 0.29) is 12.4 Å². The van der Waals surface area contributed by atoms with Gasteiger partial charge in [-0.1, -0.05) is 30.3 Å². The third kappa shape index (κ3) is 3.78. The minimum atomic E-state index is -0.916. The Kier molecular flexibility index (Phi) is 4.71. The van der Waals surface area contributed by atoms with Gasteiger partial charge in [0.25, 0.3) is 11.8 Å². The lowest BCUT2D eigenvalue weighted by atomic mass is 10.1. The Bertz CT molecular complexity index is 1270. The van der Waals surface area contributed by atoms with Crippen LogP contribution < -0.4 is 15.4 Å². The number of rotatable bonds is 4. The van der Waals surface area contributed by atoms with Crippen molar-refractivity contribution in [2.45, 2.75) is 12.5 Å². The fourth-order valence-corrected chi connectivity index (χ4v) is 3.36. The van der Waals surface area contributed by atoms with Crippen LogP contribution in [-0.2, 0) is 11.2 Å². The van der Waals surface area contributed by atoms with E-state index in [2.05, 4.69) is 36.0 Å². The molecule has 0 fully saturated rings. The number of amides is 2. The van der Waals surface area contributed by atoms with Crippen LogP contribution in [0.1, 0.15) is 22.0 Å². The molecule has 154 valence electrons. The van der Waals surface area contributed by atoms with Gasteiger partial charge in [-0.2, -0.15) is 10.2 Å². The first-order chi connectivity index (χ1) is 15.2. The van der Waals surface area contributed by atoms with Gasteiger partial charge in [0.2, 0.25) is 5.82 Å². The number of H-pyrrole nitrogens is 1. The van der Waals surface area contributed by atoms with Gasteiger partial charge < -0.3 is 15.4 Å². The maximum atomic E-state index is 12.7. The van der Waals surface area contributed by atoms with Gasteiger partial charge in [-0.25, -0.2) is 4.98 Å². The molecule has 1 aliphatic heterocycles. The summed E-state index contributed by atoms with van der Waals surface area (Å²) in [4.78, 5) is 29.6. The fraction of sp³-hybridized carbons (Fsp3) is 0.143. The summed E-state index contributed by atoms with van der Waals surface area (Å²) in [5, 5.41) is 21.4. The standard InChI is InChI=1S/C21H17N7O3/c29-20-15(11-31-16-7-6-13-9-22-23-10-14(13)18(16)26-20)24-21(30)19-25-17(27-28-19)8-12-4-2-1-3-5-12/h1-7,9-10,15H,8,11H2,(H,24,30)(H,26,29)(H,25,27,28)/t15-/m0/s1. The fourth-order valence-electron chi connectivity index (χ4n) is 3.36. The molecule has 10 heteroatoms. The van der Waals surface area contributed by atoms with Crippen molar-refractivity contribution >= 4 is 28.3 Å². The molecule has 3 heterocycles. The highest BCUT2D eigenvalue weighted by atomic mass is 16.5. The zero-order valence-corrected chi connectivity index (χ0v) is 16.2. The smallest absolute Gasteiger partial charge is 0.291 e. The lowest BCUT2D eigenvalue weighted by Crippen LogP contribution is -2.46. The van der Waals surface area contributed by atoms with Crippen LogP contribution in [0, 0.1) is 0 Å². The predicted molar refractivity (Wildman–Crippen MR) is 111 cm³/mol. The molecule has 10 nitrogen and oxygen atoms in total. The van der Waals surface area contributed by atoms with E-state index in [0.29, 0.717) is 29.1 Å². The minimum Gasteiger partial charge on any atom is -0.489 e. The maximum Gasteiger partial charge on any atom is 0.291 e. The Balaban J connectivity index is 1.30. The number of hydrogen-bond acceptors (Lipinski definition) is 7. The number of fused-ring (bicyclic) bond motifs is 3. The second kappa shape index (κ2) is 7.82. The van der Waals surface area contributed by atoms with Crippen LogP contribution in [0.5, 0.6) is 5.75 Å². The van der Waals surface area contributed by atoms with Crippen molar-refractivity contribution < 1.29 is 14.3 Å². The van der Waals surface area contributed by atoms with Gasteiger partial charge in [-0.15, -0.1) is 5.10 Å². The molecule has 31 heavy (non-hydrogen) atoms. The van der Waals surface area contributed by atoms with Crippen molar-refractivity contribution in [3.63, 3.8) is 0 Å². The first-order valence-corrected chi connectivity index (χ1v) is 9.60. The number of hydrogen-bond donors (Lipinski definition) is 3. The van der Waals surface area contributed by atoms with Gasteiger partial charge in [-0.05, 0) is 17.7 Å². The molecule has 0 aliphatic carbocycles. The Hall–Kier alpha value is -4.34. The summed E-state index contributed by atoms with van der Waals surface area (Å²) in [5.74, 6) is 0.0326. The van der Waals surface area contributed by atoms with Crippen molar-refractivity contribution in [2.24, 2.45) is 0 Å². The number of carbonyl (C=O) groups excluding carboxylic acids is 2. The number of carbonyl (C=O) groups is 2. The molecule has 0 saturated carbocycles. The molecule has 0 saturated heterocycles. The second-order valence-corrected chi connectivity index (χ2v) is 7.03. The summed E-state index contributed by atoms with van der Waals surface area (Å²) in [7, 11) is 0. The van der Waals surface area contributed by atoms with Crippen LogP contribution in [0.3, 0.4) is 0 Å². The molecule has 0 bridgehead atoms. The highest BCUT2D eigenvalue weighted by Crippen LogP contribution is 2.34. The van der Waals surface area contributed by atoms with Crippen molar-refractivity contribution in [1.82, 2.24) is 30.7 Å². The quantitative estimate of drug-likeness (QED) is 0.459. The lowest BCUT2D eigenvalue weighted by Gasteiger charge is -2.13. The molecular weight excluding hydrogens is 398 g/mol. The zero-order valence-electron chi connectivity index (χ0n) is 16.2. The van der Waals surface area contributed by atoms with Crippen LogP contribution in [0.2, 0.25) is 0 Å². The number of nitrogens with zero attached hydrogens (tertiary/aromatic N) is 4. The van der Waals surface area contributed by atoms with Crippen LogP contribution >= 0.6 is 0 Å². The van der Waals surface area contributed by atoms with Crippen LogP contribution in [0.25, 0.3) is 10.8 Å². The zero-order chi connectivity index (χ0) is 21.2. The summed E-state index contributed by atoms with van der Waals surface area (Å²) in [6.07, 6.45) is 3.67. The molecule has 2 aromatic heterocycles. The SMILES string of the molecule is O=C(N[C@H]1COc2ccc3cnncc3c2NC1=O)c1n[nH]c(Cc2ccccc2)n1. The first kappa shape index (κ1) is 18.7. The predicted octanol–water partition coefficient (Wildman–Crippen LogP) is 1.47. The van der Waals surface area contributed by atoms with Crippen LogP contribution in [0.15, 0.2) is 54.9 Å². The van der Waals surface area contributed by atoms with Gasteiger partial charge in [0, 0.05) is 17.2 Å². The number of aromatic nitrogens is 5. The van der Waals surface area contributed by atoms with E-state index in [1.54, 1.807) is 18.5 Å². The molecule has 0 spiro atoms. The minimum absolute atomic E-state index is 0.0319. The van der Waals surface area contributed by atoms with Crippen molar-refractivity contribution in [3.05, 3.63) is 72.1 Å². The van der Waals surface area contributed by atoms with Crippen molar-refractivity contribution in [1.29, 1.82) is 0 Å². The van der Waals surface area contributed by atoms with E-state index in [9.17, 15) is 9.59 Å². The van der Waals surface area contributed by atoms with Gasteiger partial charge >= 0.3 is 0 Å². The molecule has 1 atom stereocenters. The number of nitrogens with one attached hydrogen (secondary N) is 3. The third-order valence-corrected chi connectivity index (χ3v) is 4.92. The first-order valence-electron chi connectivity index (χ1n) is 9.60. The molecule has 2 amide bonds. The Morgan fingerprint density at radius 1 is 1.13 bits per heavy atom. The molecule has 4 aromatic rings. The van der Waals surface area contributed by atoms with Crippen molar-refractivity contribution in [2.75, 3.05) is 11.9 Å². The summed E-state index contributed by atoms with van der Waals surface area (Å²) in [6, 6.07) is 12.4. The summed E-state index contributed by atoms with van der Waals surface area (Å²) < 4.78 is 5.77. The molecule has 3 N–H and O–H groups in total. The molecular formula is C21H17N7O3. The average Bonchev–Trinajstić information content (AvgIpc) is 3.20. The number of anilines is 1. The van der Waals surface area contributed by atoms with E-state index >= 15 is 0 Å². The van der Waals surface area contributed by atoms with E-state index < -0.39 is 17.9 Å². The molecule has 1 aliphatic rings. The van der Waals surface area contributed by atoms with E-state index in [0.717, 1.165) is 10.9 Å². The van der Waals surface area contributed by atoms with E-state index in [4.69, 9.17) is 4.74 Å². The summed E-state index contributed by atoms with van der Waals surface area (Å²) in [6.45, 7) is -0.0319. The van der Waals surface area contributed by atoms with Crippen LogP contribution in [0.4, 0.5) is 5.69 Å². The van der Waals surface area contributed by atoms with Gasteiger partial charge in [0.15, 0.2) is 0 Å². The highest BCUT2D eigenvalue weighted by Gasteiger charge is 2.28. The summed E-state index contributed by atoms with van der Waals surface area (Å²) in [5.41, 5.74) is 1.54. The number of ether oxygens (including phenoxy) is 1. The third-order valence-electron chi connectivity index (χ3n) is 4.92. The second-order valence-electron chi connectivity index (χ2n) is 7.03. The molecule has 2 aromatic carbocycles. The van der Waals surface area contributed by atoms with Gasteiger partial charge in [-0.3, -0.25) is 14.7 Å². The van der Waals surface area contributed by atoms with E-state index in [1.165, 1.54) is 0 Å². The number of aromatic amines is 1. The number of benzene rings is 2. The van der Waals surface area contributed by atoms with Gasteiger partial charge in [0.05, 0.1) is 18.1 Å². The topological polar surface area (TPSA) is 135 Å². The summed E-state index contributed by atoms with van der Waals surface area (Å²) >= 11 is 0. The molecule has 0 unspecified atom stereocenters. The largest absolute Gasteiger partial charge is 0.489 e. The Morgan fingerprint density at radius 3 is 2.84 bits per heavy atom. The highest BCUT2D eigenvalue weighted by molar-refractivity contribution is 6.07. The van der Waals surface area contributed by atoms with E-state index in [1.807, 2.05) is 36.4 Å². The lowest BCUT2D eigenvalue weighted by molar-refractivity contribution is -0.118. The average molecular weight is 415 g/mol. The normalized spacial score (nSPS) is 15.5. The monoisotopic (exact) mass is 415 g/mol. The van der Waals surface area contributed by atoms with Gasteiger partial charge in [0.1, 0.15) is 24.2 Å². The molecule has 0 radical (unpaired) electrons. The van der Waals surface area contributed by atoms with Crippen LogP contribution in [-0.4, -0.2) is 49.8 Å². The Morgan fingerprint density at radius 2 is 1.97 bits per heavy atom. The van der Waals surface area contributed by atoms with Crippen molar-refractivity contribution in [3.8, 4) is 5.75 Å². The Labute approximate surface area is 176 Å². The maximum absolute atomic E-state index is 12.7. The molecule has 5 rings (SSSR count).